The Hall–Kier alpha value is -0.770. The first kappa shape index (κ1) is 7.86. The molecule has 1 atom stereocenters. The van der Waals surface area contributed by atoms with E-state index in [1.807, 2.05) is 4.90 Å². The minimum atomic E-state index is -0.254. The molecular weight excluding hydrogens is 154 g/mol. The summed E-state index contributed by atoms with van der Waals surface area (Å²) in [6.45, 7) is 2.79. The minimum absolute atomic E-state index is 0.0752. The van der Waals surface area contributed by atoms with Crippen LogP contribution in [0.3, 0.4) is 0 Å². The Balaban J connectivity index is 2.17. The minimum Gasteiger partial charge on any atom is -0.351 e. The molecule has 0 bridgehead atoms. The molecule has 0 unspecified atom stereocenters. The lowest BCUT2D eigenvalue weighted by molar-refractivity contribution is 0.164. The smallest absolute Gasteiger partial charge is 0.315 e. The predicted molar refractivity (Wildman–Crippen MR) is 45.7 cm³/mol. The maximum Gasteiger partial charge on any atom is 0.315 e. The molecule has 4 heteroatoms. The Morgan fingerprint density at radius 3 is 2.92 bits per heavy atom. The first-order chi connectivity index (χ1) is 5.75. The lowest BCUT2D eigenvalue weighted by Gasteiger charge is -2.32. The van der Waals surface area contributed by atoms with Crippen LogP contribution in [0, 0.1) is 0 Å². The average molecular weight is 169 g/mol. The molecule has 0 aromatic rings. The number of nitrogens with two attached hydrogens (primary N) is 1. The molecule has 12 heavy (non-hydrogen) atoms. The second-order valence-electron chi connectivity index (χ2n) is 3.74. The zero-order valence-electron chi connectivity index (χ0n) is 7.18. The van der Waals surface area contributed by atoms with Gasteiger partial charge in [-0.05, 0) is 25.8 Å². The first-order valence-electron chi connectivity index (χ1n) is 4.52. The van der Waals surface area contributed by atoms with E-state index in [1.165, 1.54) is 0 Å². The molecule has 2 aliphatic rings. The Morgan fingerprint density at radius 1 is 1.50 bits per heavy atom. The fourth-order valence-corrected chi connectivity index (χ4v) is 2.46. The molecule has 2 fully saturated rings. The van der Waals surface area contributed by atoms with Gasteiger partial charge in [0.1, 0.15) is 0 Å². The standard InChI is InChI=1S/C8H15N3O/c9-7(12)11-5-1-2-8(11)3-4-10-6-8/h10H,1-6H2,(H2,9,12)/t8-/m0/s1. The van der Waals surface area contributed by atoms with Gasteiger partial charge < -0.3 is 16.0 Å². The van der Waals surface area contributed by atoms with Crippen LogP contribution in [0.1, 0.15) is 19.3 Å². The van der Waals surface area contributed by atoms with Gasteiger partial charge in [-0.25, -0.2) is 4.79 Å². The molecule has 0 saturated carbocycles. The molecule has 0 aromatic heterocycles. The van der Waals surface area contributed by atoms with E-state index in [2.05, 4.69) is 5.32 Å². The van der Waals surface area contributed by atoms with Crippen molar-refractivity contribution in [1.29, 1.82) is 0 Å². The quantitative estimate of drug-likeness (QED) is 0.531. The van der Waals surface area contributed by atoms with Gasteiger partial charge in [0.05, 0.1) is 5.54 Å². The van der Waals surface area contributed by atoms with E-state index in [4.69, 9.17) is 5.73 Å². The van der Waals surface area contributed by atoms with Crippen LogP contribution in [-0.2, 0) is 0 Å². The van der Waals surface area contributed by atoms with Crippen molar-refractivity contribution in [2.75, 3.05) is 19.6 Å². The van der Waals surface area contributed by atoms with Crippen LogP contribution in [-0.4, -0.2) is 36.1 Å². The molecule has 0 aliphatic carbocycles. The van der Waals surface area contributed by atoms with Gasteiger partial charge in [-0.15, -0.1) is 0 Å². The van der Waals surface area contributed by atoms with Crippen molar-refractivity contribution in [1.82, 2.24) is 10.2 Å². The van der Waals surface area contributed by atoms with Crippen LogP contribution < -0.4 is 11.1 Å². The average Bonchev–Trinajstić information content (AvgIpc) is 2.61. The summed E-state index contributed by atoms with van der Waals surface area (Å²) < 4.78 is 0. The van der Waals surface area contributed by atoms with Gasteiger partial charge in [-0.3, -0.25) is 0 Å². The Bertz CT molecular complexity index is 193. The van der Waals surface area contributed by atoms with E-state index in [0.29, 0.717) is 0 Å². The van der Waals surface area contributed by atoms with Gasteiger partial charge in [0.15, 0.2) is 0 Å². The molecule has 0 radical (unpaired) electrons. The summed E-state index contributed by atoms with van der Waals surface area (Å²) >= 11 is 0. The third-order valence-electron chi connectivity index (χ3n) is 3.08. The molecule has 2 amide bonds. The SMILES string of the molecule is NC(=O)N1CCC[C@@]12CCNC2. The summed E-state index contributed by atoms with van der Waals surface area (Å²) in [5, 5.41) is 3.29. The summed E-state index contributed by atoms with van der Waals surface area (Å²) in [6, 6.07) is -0.254. The van der Waals surface area contributed by atoms with E-state index < -0.39 is 0 Å². The van der Waals surface area contributed by atoms with Gasteiger partial charge in [0, 0.05) is 13.1 Å². The highest BCUT2D eigenvalue weighted by molar-refractivity contribution is 5.73. The number of hydrogen-bond donors (Lipinski definition) is 2. The second-order valence-corrected chi connectivity index (χ2v) is 3.74. The van der Waals surface area contributed by atoms with Crippen LogP contribution in [0.5, 0.6) is 0 Å². The van der Waals surface area contributed by atoms with Crippen molar-refractivity contribution in [2.45, 2.75) is 24.8 Å². The van der Waals surface area contributed by atoms with Crippen LogP contribution in [0.15, 0.2) is 0 Å². The highest BCUT2D eigenvalue weighted by atomic mass is 16.2. The van der Waals surface area contributed by atoms with Crippen molar-refractivity contribution in [3.05, 3.63) is 0 Å². The van der Waals surface area contributed by atoms with Crippen molar-refractivity contribution in [3.8, 4) is 0 Å². The number of nitrogens with zero attached hydrogens (tertiary/aromatic N) is 1. The number of carbonyl (C=O) groups is 1. The summed E-state index contributed by atoms with van der Waals surface area (Å²) in [5.41, 5.74) is 5.39. The third-order valence-corrected chi connectivity index (χ3v) is 3.08. The molecular formula is C8H15N3O. The van der Waals surface area contributed by atoms with Crippen LogP contribution >= 0.6 is 0 Å². The number of primary amides is 1. The molecule has 1 spiro atoms. The first-order valence-corrected chi connectivity index (χ1v) is 4.52. The highest BCUT2D eigenvalue weighted by Gasteiger charge is 2.44. The summed E-state index contributed by atoms with van der Waals surface area (Å²) in [4.78, 5) is 12.9. The number of nitrogens with one attached hydrogen (secondary N) is 1. The topological polar surface area (TPSA) is 58.4 Å². The Labute approximate surface area is 72.1 Å². The van der Waals surface area contributed by atoms with E-state index in [0.717, 1.165) is 38.9 Å². The molecule has 2 aliphatic heterocycles. The normalized spacial score (nSPS) is 34.8. The van der Waals surface area contributed by atoms with E-state index in [9.17, 15) is 4.79 Å². The van der Waals surface area contributed by atoms with Crippen LogP contribution in [0.4, 0.5) is 4.79 Å². The largest absolute Gasteiger partial charge is 0.351 e. The van der Waals surface area contributed by atoms with Gasteiger partial charge >= 0.3 is 6.03 Å². The van der Waals surface area contributed by atoms with Gasteiger partial charge in [0.2, 0.25) is 0 Å². The summed E-state index contributed by atoms with van der Waals surface area (Å²) in [5.74, 6) is 0. The second kappa shape index (κ2) is 2.62. The number of likely N-dealkylation sites (tertiary alicyclic amines) is 1. The zero-order chi connectivity index (χ0) is 8.60. The number of hydrogen-bond acceptors (Lipinski definition) is 2. The van der Waals surface area contributed by atoms with E-state index in [1.54, 1.807) is 0 Å². The lowest BCUT2D eigenvalue weighted by Crippen LogP contribution is -2.50. The van der Waals surface area contributed by atoms with Crippen molar-refractivity contribution in [2.24, 2.45) is 5.73 Å². The fourth-order valence-electron chi connectivity index (χ4n) is 2.46. The zero-order valence-corrected chi connectivity index (χ0v) is 7.18. The maximum absolute atomic E-state index is 11.1. The fraction of sp³-hybridized carbons (Fsp3) is 0.875. The molecule has 3 N–H and O–H groups in total. The third kappa shape index (κ3) is 0.982. The number of amides is 2. The molecule has 0 aromatic carbocycles. The van der Waals surface area contributed by atoms with E-state index >= 15 is 0 Å². The molecule has 2 saturated heterocycles. The van der Waals surface area contributed by atoms with Gasteiger partial charge in [0.25, 0.3) is 0 Å². The van der Waals surface area contributed by atoms with Crippen LogP contribution in [0.25, 0.3) is 0 Å². The van der Waals surface area contributed by atoms with E-state index in [-0.39, 0.29) is 11.6 Å². The lowest BCUT2D eigenvalue weighted by atomic mass is 9.95. The molecule has 68 valence electrons. The maximum atomic E-state index is 11.1. The molecule has 2 rings (SSSR count). The van der Waals surface area contributed by atoms with Gasteiger partial charge in [-0.1, -0.05) is 0 Å². The van der Waals surface area contributed by atoms with Crippen molar-refractivity contribution >= 4 is 6.03 Å². The van der Waals surface area contributed by atoms with Crippen molar-refractivity contribution < 1.29 is 4.79 Å². The summed E-state index contributed by atoms with van der Waals surface area (Å²) in [6.07, 6.45) is 3.28. The van der Waals surface area contributed by atoms with Crippen molar-refractivity contribution in [3.63, 3.8) is 0 Å². The number of urea groups is 1. The molecule has 4 nitrogen and oxygen atoms in total. The Morgan fingerprint density at radius 2 is 2.33 bits per heavy atom. The predicted octanol–water partition coefficient (Wildman–Crippen LogP) is -0.107. The number of carbonyl (C=O) groups excluding carboxylic acids is 1. The summed E-state index contributed by atoms with van der Waals surface area (Å²) in [7, 11) is 0. The molecule has 2 heterocycles. The Kier molecular flexibility index (Phi) is 1.72. The number of rotatable bonds is 0. The van der Waals surface area contributed by atoms with Crippen LogP contribution in [0.2, 0.25) is 0 Å². The monoisotopic (exact) mass is 169 g/mol. The van der Waals surface area contributed by atoms with Gasteiger partial charge in [-0.2, -0.15) is 0 Å². The highest BCUT2D eigenvalue weighted by Crippen LogP contribution is 2.33.